The first kappa shape index (κ1) is 36.3. The molecule has 262 valence electrons. The normalized spacial score (nSPS) is 17.4. The second-order valence-corrected chi connectivity index (χ2v) is 14.3. The Bertz CT molecular complexity index is 1840. The quantitative estimate of drug-likeness (QED) is 0.119. The molecule has 0 aliphatic carbocycles. The fraction of sp³-hybridized carbons (Fsp3) is 0.361. The van der Waals surface area contributed by atoms with Gasteiger partial charge in [0.1, 0.15) is 17.7 Å². The van der Waals surface area contributed by atoms with E-state index in [-0.39, 0.29) is 40.5 Å². The summed E-state index contributed by atoms with van der Waals surface area (Å²) in [5.74, 6) is -0.659. The fourth-order valence-electron chi connectivity index (χ4n) is 6.13. The lowest BCUT2D eigenvalue weighted by Crippen LogP contribution is -2.44. The summed E-state index contributed by atoms with van der Waals surface area (Å²) in [6.07, 6.45) is -1.65. The van der Waals surface area contributed by atoms with Crippen LogP contribution >= 0.6 is 11.6 Å². The molecule has 7 nitrogen and oxygen atoms in total. The second kappa shape index (κ2) is 14.8. The van der Waals surface area contributed by atoms with Crippen LogP contribution in [0.4, 0.5) is 23.2 Å². The van der Waals surface area contributed by atoms with Gasteiger partial charge in [0.25, 0.3) is 10.0 Å². The minimum atomic E-state index is -4.74. The zero-order valence-corrected chi connectivity index (χ0v) is 28.7. The van der Waals surface area contributed by atoms with E-state index < -0.39 is 38.6 Å². The maximum atomic E-state index is 14.6. The van der Waals surface area contributed by atoms with E-state index in [1.54, 1.807) is 44.2 Å². The van der Waals surface area contributed by atoms with Crippen LogP contribution in [0.15, 0.2) is 77.8 Å². The molecular weight excluding hydrogens is 684 g/mol. The van der Waals surface area contributed by atoms with Gasteiger partial charge in [0, 0.05) is 24.4 Å². The van der Waals surface area contributed by atoms with Gasteiger partial charge in [-0.05, 0) is 93.1 Å². The molecule has 1 fully saturated rings. The van der Waals surface area contributed by atoms with Crippen molar-refractivity contribution in [3.8, 4) is 5.75 Å². The topological polar surface area (TPSA) is 76.2 Å². The van der Waals surface area contributed by atoms with Crippen molar-refractivity contribution in [3.05, 3.63) is 100 Å². The van der Waals surface area contributed by atoms with Crippen LogP contribution in [0.3, 0.4) is 0 Å². The van der Waals surface area contributed by atoms with Gasteiger partial charge in [0.2, 0.25) is 0 Å². The van der Waals surface area contributed by atoms with E-state index in [1.165, 1.54) is 12.1 Å². The third-order valence-electron chi connectivity index (χ3n) is 8.72. The summed E-state index contributed by atoms with van der Waals surface area (Å²) in [5.41, 5.74) is 1.03. The van der Waals surface area contributed by atoms with Gasteiger partial charge in [-0.2, -0.15) is 13.2 Å². The number of ether oxygens (including phenoxy) is 2. The third kappa shape index (κ3) is 8.24. The van der Waals surface area contributed by atoms with Crippen molar-refractivity contribution in [2.24, 2.45) is 5.92 Å². The van der Waals surface area contributed by atoms with Gasteiger partial charge >= 0.3 is 12.1 Å². The van der Waals surface area contributed by atoms with E-state index >= 15 is 0 Å². The molecule has 2 aliphatic rings. The number of hydrogen-bond donors (Lipinski definition) is 0. The van der Waals surface area contributed by atoms with Crippen LogP contribution in [-0.4, -0.2) is 51.6 Å². The summed E-state index contributed by atoms with van der Waals surface area (Å²) in [4.78, 5) is 13.7. The molecule has 0 N–H and O–H groups in total. The van der Waals surface area contributed by atoms with Crippen molar-refractivity contribution in [1.82, 2.24) is 4.90 Å². The number of halogens is 5. The highest BCUT2D eigenvalue weighted by atomic mass is 35.5. The number of rotatable bonds is 10. The summed E-state index contributed by atoms with van der Waals surface area (Å²) in [5, 5.41) is 0.205. The zero-order valence-electron chi connectivity index (χ0n) is 27.1. The fourth-order valence-corrected chi connectivity index (χ4v) is 7.99. The summed E-state index contributed by atoms with van der Waals surface area (Å²) in [6.45, 7) is 9.06. The first-order valence-electron chi connectivity index (χ1n) is 15.9. The van der Waals surface area contributed by atoms with Crippen molar-refractivity contribution in [1.29, 1.82) is 0 Å². The Morgan fingerprint density at radius 3 is 2.49 bits per heavy atom. The molecule has 1 atom stereocenters. The predicted octanol–water partition coefficient (Wildman–Crippen LogP) is 8.58. The molecular formula is C36H37ClF4N2O5S. The van der Waals surface area contributed by atoms with Gasteiger partial charge in [-0.1, -0.05) is 42.5 Å². The van der Waals surface area contributed by atoms with E-state index in [1.807, 2.05) is 0 Å². The van der Waals surface area contributed by atoms with Crippen molar-refractivity contribution in [2.75, 3.05) is 30.5 Å². The molecule has 1 saturated heterocycles. The van der Waals surface area contributed by atoms with Crippen LogP contribution in [0.5, 0.6) is 5.75 Å². The molecule has 13 heteroatoms. The highest BCUT2D eigenvalue weighted by Gasteiger charge is 2.37. The molecule has 49 heavy (non-hydrogen) atoms. The molecule has 0 aromatic heterocycles. The van der Waals surface area contributed by atoms with Crippen molar-refractivity contribution >= 4 is 44.9 Å². The Morgan fingerprint density at radius 1 is 1.10 bits per heavy atom. The highest BCUT2D eigenvalue weighted by Crippen LogP contribution is 2.41. The number of carbonyl (C=O) groups excluding carboxylic acids is 1. The number of piperidine rings is 1. The van der Waals surface area contributed by atoms with Crippen LogP contribution in [0.25, 0.3) is 11.6 Å². The van der Waals surface area contributed by atoms with Crippen LogP contribution in [0.1, 0.15) is 56.2 Å². The Labute approximate surface area is 288 Å². The minimum Gasteiger partial charge on any atom is -0.486 e. The maximum absolute atomic E-state index is 14.6. The smallest absolute Gasteiger partial charge is 0.416 e. The van der Waals surface area contributed by atoms with Gasteiger partial charge in [-0.25, -0.2) is 12.8 Å². The van der Waals surface area contributed by atoms with Gasteiger partial charge in [0.05, 0.1) is 40.2 Å². The Hall–Kier alpha value is -4.03. The number of benzene rings is 3. The Morgan fingerprint density at radius 2 is 1.82 bits per heavy atom. The number of esters is 1. The number of fused-ring (bicyclic) bond motifs is 1. The number of sulfonamides is 1. The maximum Gasteiger partial charge on any atom is 0.416 e. The Balaban J connectivity index is 1.42. The largest absolute Gasteiger partial charge is 0.486 e. The number of alkyl halides is 3. The Kier molecular flexibility index (Phi) is 11.0. The van der Waals surface area contributed by atoms with Gasteiger partial charge in [0.15, 0.2) is 0 Å². The monoisotopic (exact) mass is 720 g/mol. The zero-order chi connectivity index (χ0) is 35.5. The van der Waals surface area contributed by atoms with Crippen LogP contribution in [0, 0.1) is 11.7 Å². The highest BCUT2D eigenvalue weighted by molar-refractivity contribution is 7.92. The van der Waals surface area contributed by atoms with E-state index in [0.29, 0.717) is 62.6 Å². The third-order valence-corrected chi connectivity index (χ3v) is 10.8. The van der Waals surface area contributed by atoms with Crippen molar-refractivity contribution in [2.45, 2.75) is 56.7 Å². The lowest BCUT2D eigenvalue weighted by molar-refractivity contribution is -0.149. The number of nitrogens with zero attached hydrogens (tertiary/aromatic N) is 2. The van der Waals surface area contributed by atoms with Crippen LogP contribution in [-0.2, 0) is 25.7 Å². The molecule has 0 amide bonds. The molecule has 0 spiro atoms. The van der Waals surface area contributed by atoms with Gasteiger partial charge in [-0.3, -0.25) is 9.10 Å². The van der Waals surface area contributed by atoms with E-state index in [9.17, 15) is 30.8 Å². The second-order valence-electron chi connectivity index (χ2n) is 12.1. The average molecular weight is 721 g/mol. The van der Waals surface area contributed by atoms with Gasteiger partial charge < -0.3 is 14.4 Å². The van der Waals surface area contributed by atoms with Crippen molar-refractivity contribution < 1.29 is 40.2 Å². The molecule has 0 saturated carbocycles. The predicted molar refractivity (Wildman–Crippen MR) is 181 cm³/mol. The molecule has 3 aromatic carbocycles. The van der Waals surface area contributed by atoms with E-state index in [4.69, 9.17) is 21.1 Å². The summed E-state index contributed by atoms with van der Waals surface area (Å²) in [6, 6.07) is 12.8. The summed E-state index contributed by atoms with van der Waals surface area (Å²) >= 11 is 6.25. The van der Waals surface area contributed by atoms with Crippen LogP contribution < -0.4 is 9.04 Å². The number of hydrogen-bond acceptors (Lipinski definition) is 6. The molecule has 2 aliphatic heterocycles. The molecule has 0 unspecified atom stereocenters. The SMILES string of the molecule is C=C(CC[C@H]1CN(S(=O)(=O)c2cccc(C(F)(F)F)c2)c2cc(/C=C(\C)c3c(F)cccc3Cl)ccc2O1)N1CCC(C(=O)OCC)CC1. The molecule has 0 radical (unpaired) electrons. The number of anilines is 1. The van der Waals surface area contributed by atoms with E-state index in [2.05, 4.69) is 11.5 Å². The molecule has 3 aromatic rings. The molecule has 0 bridgehead atoms. The lowest BCUT2D eigenvalue weighted by Gasteiger charge is -2.37. The first-order chi connectivity index (χ1) is 23.2. The number of carbonyl (C=O) groups is 1. The lowest BCUT2D eigenvalue weighted by atomic mass is 9.96. The summed E-state index contributed by atoms with van der Waals surface area (Å²) in [7, 11) is -4.51. The van der Waals surface area contributed by atoms with E-state index in [0.717, 1.165) is 28.2 Å². The summed E-state index contributed by atoms with van der Waals surface area (Å²) < 4.78 is 96.1. The van der Waals surface area contributed by atoms with Crippen LogP contribution in [0.2, 0.25) is 5.02 Å². The molecule has 5 rings (SSSR count). The number of likely N-dealkylation sites (tertiary alicyclic amines) is 1. The average Bonchev–Trinajstić information content (AvgIpc) is 3.06. The van der Waals surface area contributed by atoms with Crippen molar-refractivity contribution in [3.63, 3.8) is 0 Å². The van der Waals surface area contributed by atoms with Gasteiger partial charge in [-0.15, -0.1) is 0 Å². The minimum absolute atomic E-state index is 0.134. The number of allylic oxidation sites excluding steroid dienone is 2. The molecule has 2 heterocycles. The standard InChI is InChI=1S/C36H37ClF4N2O5S/c1-4-47-35(44)26-15-17-42(18-16-26)24(3)11-13-28-22-43(49(45,46)29-8-5-7-27(21-29)36(39,40)41)32-20-25(12-14-33(32)48-28)19-23(2)34-30(37)9-6-10-31(34)38/h5-10,12,14,19-21,26,28H,3-4,11,13,15-18,22H2,1-2H3/b23-19+/t28-/m0/s1. The first-order valence-corrected chi connectivity index (χ1v) is 17.7.